The fraction of sp³-hybridized carbons (Fsp3) is 0.429. The molecule has 2 rings (SSSR count). The largest absolute Gasteiger partial charge is 0.481 e. The molecule has 0 bridgehead atoms. The highest BCUT2D eigenvalue weighted by molar-refractivity contribution is 5.95. The second kappa shape index (κ2) is 4.99. The van der Waals surface area contributed by atoms with Gasteiger partial charge in [-0.2, -0.15) is 0 Å². The summed E-state index contributed by atoms with van der Waals surface area (Å²) in [5, 5.41) is 9.04. The van der Waals surface area contributed by atoms with Gasteiger partial charge < -0.3 is 10.0 Å². The Balaban J connectivity index is 2.17. The van der Waals surface area contributed by atoms with Crippen molar-refractivity contribution in [3.05, 3.63) is 35.1 Å². The number of aryl methyl sites for hydroxylation is 1. The summed E-state index contributed by atoms with van der Waals surface area (Å²) < 4.78 is 13.4. The Bertz CT molecular complexity index is 529. The third-order valence-electron chi connectivity index (χ3n) is 3.64. The minimum absolute atomic E-state index is 0.0863. The van der Waals surface area contributed by atoms with E-state index in [2.05, 4.69) is 0 Å². The Morgan fingerprint density at radius 1 is 1.37 bits per heavy atom. The first-order valence-corrected chi connectivity index (χ1v) is 6.18. The van der Waals surface area contributed by atoms with E-state index in [-0.39, 0.29) is 23.9 Å². The van der Waals surface area contributed by atoms with Crippen molar-refractivity contribution in [1.29, 1.82) is 0 Å². The standard InChI is InChI=1S/C14H16FNO3/c1-8-3-4-10(5-12(8)15)13(17)16-6-9(2)11(7-16)14(18)19/h3-5,9,11H,6-7H2,1-2H3,(H,18,19)/t9-,11-/m1/s1. The molecule has 0 radical (unpaired) electrons. The topological polar surface area (TPSA) is 57.6 Å². The lowest BCUT2D eigenvalue weighted by Crippen LogP contribution is -2.30. The maximum absolute atomic E-state index is 13.4. The van der Waals surface area contributed by atoms with Crippen LogP contribution in [0.3, 0.4) is 0 Å². The SMILES string of the molecule is Cc1ccc(C(=O)N2C[C@@H](C)[C@H](C(=O)O)C2)cc1F. The molecule has 1 N–H and O–H groups in total. The van der Waals surface area contributed by atoms with E-state index >= 15 is 0 Å². The van der Waals surface area contributed by atoms with Crippen LogP contribution in [-0.4, -0.2) is 35.0 Å². The van der Waals surface area contributed by atoms with E-state index in [4.69, 9.17) is 5.11 Å². The first-order valence-electron chi connectivity index (χ1n) is 6.18. The van der Waals surface area contributed by atoms with Crippen LogP contribution in [0.5, 0.6) is 0 Å². The van der Waals surface area contributed by atoms with E-state index < -0.39 is 17.7 Å². The number of halogens is 1. The summed E-state index contributed by atoms with van der Waals surface area (Å²) in [6.07, 6.45) is 0. The van der Waals surface area contributed by atoms with Crippen LogP contribution in [0.15, 0.2) is 18.2 Å². The molecule has 0 aliphatic carbocycles. The van der Waals surface area contributed by atoms with Crippen molar-refractivity contribution < 1.29 is 19.1 Å². The number of hydrogen-bond donors (Lipinski definition) is 1. The number of amides is 1. The molecule has 1 saturated heterocycles. The molecular formula is C14H16FNO3. The summed E-state index contributed by atoms with van der Waals surface area (Å²) in [5.74, 6) is -2.25. The van der Waals surface area contributed by atoms with Gasteiger partial charge in [-0.1, -0.05) is 13.0 Å². The van der Waals surface area contributed by atoms with Gasteiger partial charge in [0.05, 0.1) is 5.92 Å². The second-order valence-electron chi connectivity index (χ2n) is 5.10. The number of carbonyl (C=O) groups is 2. The summed E-state index contributed by atoms with van der Waals surface area (Å²) in [6.45, 7) is 4.01. The van der Waals surface area contributed by atoms with Crippen molar-refractivity contribution >= 4 is 11.9 Å². The Hall–Kier alpha value is -1.91. The zero-order valence-corrected chi connectivity index (χ0v) is 10.9. The first kappa shape index (κ1) is 13.5. The van der Waals surface area contributed by atoms with Crippen LogP contribution in [0.4, 0.5) is 4.39 Å². The van der Waals surface area contributed by atoms with Gasteiger partial charge >= 0.3 is 5.97 Å². The van der Waals surface area contributed by atoms with Gasteiger partial charge in [-0.25, -0.2) is 4.39 Å². The molecule has 1 aliphatic heterocycles. The van der Waals surface area contributed by atoms with Gasteiger partial charge in [0.15, 0.2) is 0 Å². The number of likely N-dealkylation sites (tertiary alicyclic amines) is 1. The zero-order chi connectivity index (χ0) is 14.2. The number of benzene rings is 1. The van der Waals surface area contributed by atoms with Gasteiger partial charge in [-0.3, -0.25) is 9.59 Å². The minimum Gasteiger partial charge on any atom is -0.481 e. The van der Waals surface area contributed by atoms with E-state index in [1.165, 1.54) is 11.0 Å². The van der Waals surface area contributed by atoms with Crippen LogP contribution in [0.1, 0.15) is 22.8 Å². The zero-order valence-electron chi connectivity index (χ0n) is 10.9. The molecule has 102 valence electrons. The normalized spacial score (nSPS) is 22.6. The molecule has 1 aliphatic rings. The molecule has 0 unspecified atom stereocenters. The smallest absolute Gasteiger partial charge is 0.308 e. The van der Waals surface area contributed by atoms with E-state index in [0.29, 0.717) is 12.1 Å². The number of carbonyl (C=O) groups excluding carboxylic acids is 1. The Morgan fingerprint density at radius 3 is 2.58 bits per heavy atom. The predicted octanol–water partition coefficient (Wildman–Crippen LogP) is 1.93. The average molecular weight is 265 g/mol. The van der Waals surface area contributed by atoms with Gasteiger partial charge in [-0.05, 0) is 30.5 Å². The van der Waals surface area contributed by atoms with E-state index in [1.54, 1.807) is 19.1 Å². The highest BCUT2D eigenvalue weighted by atomic mass is 19.1. The van der Waals surface area contributed by atoms with Crippen LogP contribution in [0.2, 0.25) is 0 Å². The van der Waals surface area contributed by atoms with Crippen molar-refractivity contribution in [1.82, 2.24) is 4.90 Å². The predicted molar refractivity (Wildman–Crippen MR) is 67.3 cm³/mol. The molecule has 5 heteroatoms. The minimum atomic E-state index is -0.891. The van der Waals surface area contributed by atoms with Crippen LogP contribution in [-0.2, 0) is 4.79 Å². The van der Waals surface area contributed by atoms with Gasteiger partial charge in [-0.15, -0.1) is 0 Å². The van der Waals surface area contributed by atoms with Gasteiger partial charge in [0.25, 0.3) is 5.91 Å². The number of hydrogen-bond acceptors (Lipinski definition) is 2. The average Bonchev–Trinajstić information content (AvgIpc) is 2.74. The van der Waals surface area contributed by atoms with Crippen molar-refractivity contribution in [3.63, 3.8) is 0 Å². The lowest BCUT2D eigenvalue weighted by atomic mass is 9.99. The van der Waals surface area contributed by atoms with Gasteiger partial charge in [0.1, 0.15) is 5.82 Å². The highest BCUT2D eigenvalue weighted by Gasteiger charge is 2.37. The van der Waals surface area contributed by atoms with Gasteiger partial charge in [0, 0.05) is 18.7 Å². The molecule has 0 saturated carbocycles. The lowest BCUT2D eigenvalue weighted by Gasteiger charge is -2.16. The Kier molecular flexibility index (Phi) is 3.55. The summed E-state index contributed by atoms with van der Waals surface area (Å²) in [5.41, 5.74) is 0.746. The number of nitrogens with zero attached hydrogens (tertiary/aromatic N) is 1. The lowest BCUT2D eigenvalue weighted by molar-refractivity contribution is -0.142. The number of aliphatic carboxylic acids is 1. The molecule has 1 aromatic carbocycles. The number of carboxylic acids is 1. The van der Waals surface area contributed by atoms with Crippen LogP contribution in [0.25, 0.3) is 0 Å². The third-order valence-corrected chi connectivity index (χ3v) is 3.64. The van der Waals surface area contributed by atoms with Crippen molar-refractivity contribution in [3.8, 4) is 0 Å². The molecule has 0 aromatic heterocycles. The van der Waals surface area contributed by atoms with Crippen molar-refractivity contribution in [2.24, 2.45) is 11.8 Å². The maximum atomic E-state index is 13.4. The van der Waals surface area contributed by atoms with Crippen molar-refractivity contribution in [2.75, 3.05) is 13.1 Å². The molecule has 1 amide bonds. The summed E-state index contributed by atoms with van der Waals surface area (Å²) in [6, 6.07) is 4.33. The molecule has 1 heterocycles. The Labute approximate surface area is 110 Å². The van der Waals surface area contributed by atoms with Crippen molar-refractivity contribution in [2.45, 2.75) is 13.8 Å². The maximum Gasteiger partial charge on any atom is 0.308 e. The summed E-state index contributed by atoms with van der Waals surface area (Å²) in [7, 11) is 0. The third kappa shape index (κ3) is 2.59. The van der Waals surface area contributed by atoms with E-state index in [0.717, 1.165) is 0 Å². The summed E-state index contributed by atoms with van der Waals surface area (Å²) >= 11 is 0. The molecule has 0 spiro atoms. The molecule has 1 fully saturated rings. The van der Waals surface area contributed by atoms with Crippen LogP contribution >= 0.6 is 0 Å². The summed E-state index contributed by atoms with van der Waals surface area (Å²) in [4.78, 5) is 24.7. The Morgan fingerprint density at radius 2 is 2.05 bits per heavy atom. The molecule has 1 aromatic rings. The molecular weight excluding hydrogens is 249 g/mol. The highest BCUT2D eigenvalue weighted by Crippen LogP contribution is 2.25. The number of rotatable bonds is 2. The first-order chi connectivity index (χ1) is 8.90. The monoisotopic (exact) mass is 265 g/mol. The van der Waals surface area contributed by atoms with Crippen LogP contribution in [0, 0.1) is 24.6 Å². The van der Waals surface area contributed by atoms with Crippen LogP contribution < -0.4 is 0 Å². The van der Waals surface area contributed by atoms with E-state index in [9.17, 15) is 14.0 Å². The number of carboxylic acid groups (broad SMARTS) is 1. The fourth-order valence-corrected chi connectivity index (χ4v) is 2.36. The van der Waals surface area contributed by atoms with E-state index in [1.807, 2.05) is 6.92 Å². The quantitative estimate of drug-likeness (QED) is 0.888. The molecule has 4 nitrogen and oxygen atoms in total. The fourth-order valence-electron chi connectivity index (χ4n) is 2.36. The second-order valence-corrected chi connectivity index (χ2v) is 5.10. The molecule has 19 heavy (non-hydrogen) atoms. The van der Waals surface area contributed by atoms with Gasteiger partial charge in [0.2, 0.25) is 0 Å². The molecule has 2 atom stereocenters.